The fraction of sp³-hybridized carbons (Fsp3) is 0.636. The maximum absolute atomic E-state index is 11.5. The molecule has 0 aromatic carbocycles. The number of aromatic nitrogens is 2. The Kier molecular flexibility index (Phi) is 3.53. The molecule has 19 heavy (non-hydrogen) atoms. The molecule has 1 aromatic rings. The third-order valence-electron chi connectivity index (χ3n) is 3.39. The Balaban J connectivity index is 2.31. The number of nitrogens with two attached hydrogens (primary N) is 1. The molecule has 106 valence electrons. The molecule has 1 aliphatic heterocycles. The Morgan fingerprint density at radius 2 is 2.00 bits per heavy atom. The first-order valence-electron chi connectivity index (χ1n) is 5.98. The van der Waals surface area contributed by atoms with Crippen LogP contribution in [-0.4, -0.2) is 42.6 Å². The lowest BCUT2D eigenvalue weighted by molar-refractivity contribution is 0.0595. The fourth-order valence-electron chi connectivity index (χ4n) is 2.40. The Labute approximate surface area is 111 Å². The number of carbonyl (C=O) groups excluding carboxylic acids is 1. The van der Waals surface area contributed by atoms with Gasteiger partial charge in [-0.05, 0) is 19.8 Å². The Morgan fingerprint density at radius 3 is 2.53 bits per heavy atom. The quantitative estimate of drug-likeness (QED) is 0.785. The Hall–Kier alpha value is -1.57. The summed E-state index contributed by atoms with van der Waals surface area (Å²) >= 11 is 0. The summed E-state index contributed by atoms with van der Waals surface area (Å²) < 4.78 is 29.2. The van der Waals surface area contributed by atoms with Crippen molar-refractivity contribution in [2.24, 2.45) is 0 Å². The molecule has 2 rings (SSSR count). The predicted molar refractivity (Wildman–Crippen MR) is 69.6 cm³/mol. The molecule has 1 aromatic heterocycles. The van der Waals surface area contributed by atoms with Crippen molar-refractivity contribution in [3.8, 4) is 0 Å². The first kappa shape index (κ1) is 13.9. The second-order valence-electron chi connectivity index (χ2n) is 4.64. The molecule has 8 heteroatoms. The predicted octanol–water partition coefficient (Wildman–Crippen LogP) is 0.310. The third kappa shape index (κ3) is 2.58. The highest BCUT2D eigenvalue weighted by Gasteiger charge is 2.29. The number of anilines is 1. The van der Waals surface area contributed by atoms with Crippen LogP contribution in [-0.2, 0) is 14.6 Å². The number of ether oxygens (including phenoxy) is 1. The van der Waals surface area contributed by atoms with Gasteiger partial charge in [0.05, 0.1) is 18.6 Å². The SMILES string of the molecule is COC(=O)c1nc(C)n(C2CCS(=O)(=O)CC2)c1N. The van der Waals surface area contributed by atoms with Crippen LogP contribution in [0.5, 0.6) is 0 Å². The first-order chi connectivity index (χ1) is 8.85. The summed E-state index contributed by atoms with van der Waals surface area (Å²) in [5.41, 5.74) is 6.02. The molecular formula is C11H17N3O4S. The Bertz CT molecular complexity index is 592. The number of hydrogen-bond donors (Lipinski definition) is 1. The van der Waals surface area contributed by atoms with E-state index in [1.54, 1.807) is 11.5 Å². The molecule has 0 bridgehead atoms. The van der Waals surface area contributed by atoms with Crippen LogP contribution in [0, 0.1) is 6.92 Å². The van der Waals surface area contributed by atoms with E-state index in [0.717, 1.165) is 0 Å². The van der Waals surface area contributed by atoms with E-state index < -0.39 is 15.8 Å². The molecule has 0 spiro atoms. The molecule has 0 atom stereocenters. The minimum atomic E-state index is -2.93. The van der Waals surface area contributed by atoms with Crippen LogP contribution in [0.15, 0.2) is 0 Å². The monoisotopic (exact) mass is 287 g/mol. The summed E-state index contributed by atoms with van der Waals surface area (Å²) in [4.78, 5) is 15.6. The number of imidazole rings is 1. The lowest BCUT2D eigenvalue weighted by Crippen LogP contribution is -2.26. The zero-order chi connectivity index (χ0) is 14.2. The van der Waals surface area contributed by atoms with Gasteiger partial charge in [-0.3, -0.25) is 0 Å². The Morgan fingerprint density at radius 1 is 1.42 bits per heavy atom. The average molecular weight is 287 g/mol. The van der Waals surface area contributed by atoms with E-state index in [0.29, 0.717) is 18.7 Å². The summed E-state index contributed by atoms with van der Waals surface area (Å²) in [5, 5.41) is 0. The van der Waals surface area contributed by atoms with Crippen molar-refractivity contribution in [3.05, 3.63) is 11.5 Å². The molecule has 0 radical (unpaired) electrons. The summed E-state index contributed by atoms with van der Waals surface area (Å²) in [6.45, 7) is 1.74. The van der Waals surface area contributed by atoms with Crippen molar-refractivity contribution in [2.75, 3.05) is 24.3 Å². The number of carbonyl (C=O) groups is 1. The highest BCUT2D eigenvalue weighted by molar-refractivity contribution is 7.91. The third-order valence-corrected chi connectivity index (χ3v) is 5.11. The van der Waals surface area contributed by atoms with Crippen molar-refractivity contribution < 1.29 is 17.9 Å². The van der Waals surface area contributed by atoms with Gasteiger partial charge in [-0.1, -0.05) is 0 Å². The summed E-state index contributed by atoms with van der Waals surface area (Å²) in [5.74, 6) is 0.545. The lowest BCUT2D eigenvalue weighted by Gasteiger charge is -2.25. The lowest BCUT2D eigenvalue weighted by atomic mass is 10.1. The average Bonchev–Trinajstić information content (AvgIpc) is 2.65. The highest BCUT2D eigenvalue weighted by atomic mass is 32.2. The number of aryl methyl sites for hydroxylation is 1. The maximum atomic E-state index is 11.5. The van der Waals surface area contributed by atoms with Crippen LogP contribution in [0.3, 0.4) is 0 Å². The molecule has 7 nitrogen and oxygen atoms in total. The van der Waals surface area contributed by atoms with Gasteiger partial charge in [-0.25, -0.2) is 18.2 Å². The minimum Gasteiger partial charge on any atom is -0.464 e. The number of nitrogens with zero attached hydrogens (tertiary/aromatic N) is 2. The van der Waals surface area contributed by atoms with Gasteiger partial charge in [-0.2, -0.15) is 0 Å². The van der Waals surface area contributed by atoms with Gasteiger partial charge in [0.1, 0.15) is 21.5 Å². The molecule has 2 heterocycles. The van der Waals surface area contributed by atoms with Crippen LogP contribution in [0.4, 0.5) is 5.82 Å². The van der Waals surface area contributed by atoms with Gasteiger partial charge in [0.2, 0.25) is 0 Å². The second-order valence-corrected chi connectivity index (χ2v) is 6.94. The molecule has 0 unspecified atom stereocenters. The van der Waals surface area contributed by atoms with E-state index in [2.05, 4.69) is 9.72 Å². The van der Waals surface area contributed by atoms with E-state index in [1.165, 1.54) is 7.11 Å². The minimum absolute atomic E-state index is 0.0329. The number of esters is 1. The zero-order valence-electron chi connectivity index (χ0n) is 10.9. The van der Waals surface area contributed by atoms with Crippen molar-refractivity contribution >= 4 is 21.6 Å². The largest absolute Gasteiger partial charge is 0.464 e. The molecule has 0 saturated carbocycles. The van der Waals surface area contributed by atoms with E-state index in [4.69, 9.17) is 5.73 Å². The molecular weight excluding hydrogens is 270 g/mol. The van der Waals surface area contributed by atoms with Crippen molar-refractivity contribution in [3.63, 3.8) is 0 Å². The second kappa shape index (κ2) is 4.84. The van der Waals surface area contributed by atoms with Gasteiger partial charge in [-0.15, -0.1) is 0 Å². The summed E-state index contributed by atoms with van der Waals surface area (Å²) in [7, 11) is -1.66. The van der Waals surface area contributed by atoms with Crippen molar-refractivity contribution in [1.29, 1.82) is 0 Å². The summed E-state index contributed by atoms with van der Waals surface area (Å²) in [6, 6.07) is -0.0329. The maximum Gasteiger partial charge on any atom is 0.360 e. The van der Waals surface area contributed by atoms with Crippen molar-refractivity contribution in [2.45, 2.75) is 25.8 Å². The normalized spacial score (nSPS) is 19.3. The standard InChI is InChI=1S/C11H17N3O4S/c1-7-13-9(11(15)18-2)10(12)14(7)8-3-5-19(16,17)6-4-8/h8H,3-6,12H2,1-2H3. The summed E-state index contributed by atoms with van der Waals surface area (Å²) in [6.07, 6.45) is 0.981. The highest BCUT2D eigenvalue weighted by Crippen LogP contribution is 2.29. The van der Waals surface area contributed by atoms with Gasteiger partial charge in [0, 0.05) is 6.04 Å². The van der Waals surface area contributed by atoms with E-state index in [1.807, 2.05) is 0 Å². The molecule has 0 amide bonds. The van der Waals surface area contributed by atoms with Gasteiger partial charge >= 0.3 is 5.97 Å². The van der Waals surface area contributed by atoms with Crippen LogP contribution < -0.4 is 5.73 Å². The van der Waals surface area contributed by atoms with Gasteiger partial charge in [0.15, 0.2) is 5.69 Å². The van der Waals surface area contributed by atoms with Crippen LogP contribution in [0.1, 0.15) is 35.2 Å². The molecule has 2 N–H and O–H groups in total. The van der Waals surface area contributed by atoms with Crippen molar-refractivity contribution in [1.82, 2.24) is 9.55 Å². The zero-order valence-corrected chi connectivity index (χ0v) is 11.7. The van der Waals surface area contributed by atoms with E-state index >= 15 is 0 Å². The van der Waals surface area contributed by atoms with Crippen LogP contribution in [0.2, 0.25) is 0 Å². The van der Waals surface area contributed by atoms with Crippen LogP contribution >= 0.6 is 0 Å². The van der Waals surface area contributed by atoms with E-state index in [9.17, 15) is 13.2 Å². The number of methoxy groups -OCH3 is 1. The van der Waals surface area contributed by atoms with Gasteiger partial charge in [0.25, 0.3) is 0 Å². The smallest absolute Gasteiger partial charge is 0.360 e. The number of sulfone groups is 1. The van der Waals surface area contributed by atoms with Gasteiger partial charge < -0.3 is 15.0 Å². The molecule has 1 fully saturated rings. The number of rotatable bonds is 2. The topological polar surface area (TPSA) is 104 Å². The number of hydrogen-bond acceptors (Lipinski definition) is 6. The molecule has 1 aliphatic rings. The van der Waals surface area contributed by atoms with E-state index in [-0.39, 0.29) is 29.1 Å². The molecule has 0 aliphatic carbocycles. The fourth-order valence-corrected chi connectivity index (χ4v) is 3.87. The number of nitrogen functional groups attached to an aromatic ring is 1. The first-order valence-corrected chi connectivity index (χ1v) is 7.81. The molecule has 1 saturated heterocycles. The van der Waals surface area contributed by atoms with Crippen LogP contribution in [0.25, 0.3) is 0 Å².